The molecular weight excluding hydrogens is 320 g/mol. The van der Waals surface area contributed by atoms with Crippen LogP contribution >= 0.6 is 0 Å². The number of fused-ring (bicyclic) bond motifs is 4. The highest BCUT2D eigenvalue weighted by Gasteiger charge is 2.53. The van der Waals surface area contributed by atoms with Crippen LogP contribution < -0.4 is 9.47 Å². The molecule has 0 aromatic heterocycles. The van der Waals surface area contributed by atoms with Crippen LogP contribution in [0.2, 0.25) is 0 Å². The fraction of sp³-hybridized carbons (Fsp3) is 0.700. The van der Waals surface area contributed by atoms with E-state index in [0.29, 0.717) is 42.3 Å². The highest BCUT2D eigenvalue weighted by atomic mass is 16.7. The van der Waals surface area contributed by atoms with Gasteiger partial charge in [-0.25, -0.2) is 0 Å². The summed E-state index contributed by atoms with van der Waals surface area (Å²) in [6, 6.07) is 1.92. The minimum atomic E-state index is -0.618. The van der Waals surface area contributed by atoms with Crippen LogP contribution in [0.5, 0.6) is 17.2 Å². The monoisotopic (exact) mass is 346 g/mol. The van der Waals surface area contributed by atoms with E-state index in [-0.39, 0.29) is 11.8 Å². The minimum Gasteiger partial charge on any atom is -0.507 e. The standard InChI is InChI=1S/C20H26O5/c1-10-8-22-19(3)14(10)5-12-16(24-19)7-17-13(18(12)21)6-15-11(2)9-23-20(15,4)25-17/h7,10-11,14-15,21H,5-6,8-9H2,1-4H3/t10-,11?,14+,15+,19+,20+/m0/s1. The van der Waals surface area contributed by atoms with Gasteiger partial charge < -0.3 is 24.1 Å². The molecule has 1 unspecified atom stereocenters. The normalized spacial score (nSPS) is 44.2. The molecule has 1 aromatic rings. The first-order chi connectivity index (χ1) is 11.8. The highest BCUT2D eigenvalue weighted by Crippen LogP contribution is 2.54. The third-order valence-corrected chi connectivity index (χ3v) is 6.89. The average molecular weight is 346 g/mol. The first-order valence-corrected chi connectivity index (χ1v) is 9.34. The third kappa shape index (κ3) is 2.02. The molecule has 5 rings (SSSR count). The molecule has 1 aromatic carbocycles. The molecular formula is C20H26O5. The van der Waals surface area contributed by atoms with E-state index in [0.717, 1.165) is 24.0 Å². The van der Waals surface area contributed by atoms with Crippen molar-refractivity contribution in [2.24, 2.45) is 23.7 Å². The zero-order valence-electron chi connectivity index (χ0n) is 15.3. The molecule has 5 heteroatoms. The predicted molar refractivity (Wildman–Crippen MR) is 90.8 cm³/mol. The van der Waals surface area contributed by atoms with Crippen molar-refractivity contribution in [2.45, 2.75) is 52.1 Å². The summed E-state index contributed by atoms with van der Waals surface area (Å²) in [6.07, 6.45) is 1.56. The summed E-state index contributed by atoms with van der Waals surface area (Å²) in [5.41, 5.74) is 1.80. The number of aromatic hydroxyl groups is 1. The Morgan fingerprint density at radius 3 is 1.76 bits per heavy atom. The highest BCUT2D eigenvalue weighted by molar-refractivity contribution is 5.59. The maximum atomic E-state index is 11.0. The van der Waals surface area contributed by atoms with E-state index < -0.39 is 11.6 Å². The lowest BCUT2D eigenvalue weighted by molar-refractivity contribution is -0.170. The molecule has 5 nitrogen and oxygen atoms in total. The molecule has 0 aliphatic carbocycles. The van der Waals surface area contributed by atoms with Crippen LogP contribution in [0.15, 0.2) is 6.07 Å². The molecule has 0 spiro atoms. The van der Waals surface area contributed by atoms with Gasteiger partial charge in [0.1, 0.15) is 17.2 Å². The predicted octanol–water partition coefficient (Wildman–Crippen LogP) is 3.26. The van der Waals surface area contributed by atoms with Crippen molar-refractivity contribution in [2.75, 3.05) is 13.2 Å². The molecule has 0 amide bonds. The fourth-order valence-corrected chi connectivity index (χ4v) is 5.22. The Balaban J connectivity index is 1.59. The quantitative estimate of drug-likeness (QED) is 0.781. The van der Waals surface area contributed by atoms with Crippen molar-refractivity contribution < 1.29 is 24.1 Å². The van der Waals surface area contributed by atoms with Crippen LogP contribution in [0.1, 0.15) is 38.8 Å². The first kappa shape index (κ1) is 15.8. The van der Waals surface area contributed by atoms with E-state index in [2.05, 4.69) is 13.8 Å². The maximum absolute atomic E-state index is 11.0. The van der Waals surface area contributed by atoms with Gasteiger partial charge >= 0.3 is 0 Å². The Kier molecular flexibility index (Phi) is 3.05. The van der Waals surface area contributed by atoms with Gasteiger partial charge in [-0.3, -0.25) is 0 Å². The number of benzene rings is 1. The first-order valence-electron chi connectivity index (χ1n) is 9.34. The van der Waals surface area contributed by atoms with Crippen LogP contribution in [0.4, 0.5) is 0 Å². The van der Waals surface area contributed by atoms with Crippen LogP contribution in [-0.2, 0) is 22.3 Å². The molecule has 0 radical (unpaired) electrons. The van der Waals surface area contributed by atoms with Crippen molar-refractivity contribution in [3.05, 3.63) is 17.2 Å². The maximum Gasteiger partial charge on any atom is 0.211 e. The third-order valence-electron chi connectivity index (χ3n) is 6.89. The van der Waals surface area contributed by atoms with Gasteiger partial charge in [0.25, 0.3) is 0 Å². The molecule has 2 fully saturated rings. The number of phenolic OH excluding ortho intramolecular Hbond substituents is 1. The van der Waals surface area contributed by atoms with Gasteiger partial charge in [0, 0.05) is 42.9 Å². The van der Waals surface area contributed by atoms with Gasteiger partial charge in [0.15, 0.2) is 0 Å². The van der Waals surface area contributed by atoms with Gasteiger partial charge in [-0.05, 0) is 24.7 Å². The molecule has 2 saturated heterocycles. The zero-order valence-corrected chi connectivity index (χ0v) is 15.3. The summed E-state index contributed by atoms with van der Waals surface area (Å²) in [4.78, 5) is 0. The van der Waals surface area contributed by atoms with Crippen molar-refractivity contribution in [3.63, 3.8) is 0 Å². The molecule has 6 atom stereocenters. The molecule has 0 saturated carbocycles. The second-order valence-corrected chi connectivity index (χ2v) is 8.61. The number of rotatable bonds is 0. The molecule has 0 bridgehead atoms. The summed E-state index contributed by atoms with van der Waals surface area (Å²) in [5, 5.41) is 11.0. The van der Waals surface area contributed by atoms with Gasteiger partial charge in [0.2, 0.25) is 11.6 Å². The Bertz CT molecular complexity index is 688. The van der Waals surface area contributed by atoms with E-state index in [1.807, 2.05) is 19.9 Å². The minimum absolute atomic E-state index is 0.257. The molecule has 4 aliphatic heterocycles. The summed E-state index contributed by atoms with van der Waals surface area (Å²) in [7, 11) is 0. The second kappa shape index (κ2) is 4.83. The Hall–Kier alpha value is -1.46. The molecule has 4 heterocycles. The second-order valence-electron chi connectivity index (χ2n) is 8.61. The summed E-state index contributed by atoms with van der Waals surface area (Å²) in [6.45, 7) is 9.76. The number of hydrogen-bond donors (Lipinski definition) is 1. The Morgan fingerprint density at radius 2 is 1.32 bits per heavy atom. The van der Waals surface area contributed by atoms with E-state index in [1.165, 1.54) is 0 Å². The fourth-order valence-electron chi connectivity index (χ4n) is 5.22. The smallest absolute Gasteiger partial charge is 0.211 e. The summed E-state index contributed by atoms with van der Waals surface area (Å²) in [5.74, 6) is 1.80. The van der Waals surface area contributed by atoms with Crippen LogP contribution in [0.3, 0.4) is 0 Å². The average Bonchev–Trinajstić information content (AvgIpc) is 3.01. The lowest BCUT2D eigenvalue weighted by Crippen LogP contribution is -2.45. The Morgan fingerprint density at radius 1 is 0.880 bits per heavy atom. The van der Waals surface area contributed by atoms with Crippen LogP contribution in [0.25, 0.3) is 0 Å². The molecule has 136 valence electrons. The largest absolute Gasteiger partial charge is 0.507 e. The lowest BCUT2D eigenvalue weighted by atomic mass is 9.79. The van der Waals surface area contributed by atoms with E-state index in [4.69, 9.17) is 18.9 Å². The summed E-state index contributed by atoms with van der Waals surface area (Å²) >= 11 is 0. The lowest BCUT2D eigenvalue weighted by Gasteiger charge is -2.41. The van der Waals surface area contributed by atoms with Gasteiger partial charge in [-0.2, -0.15) is 0 Å². The Labute approximate surface area is 148 Å². The number of phenols is 1. The molecule has 25 heavy (non-hydrogen) atoms. The zero-order chi connectivity index (χ0) is 17.6. The summed E-state index contributed by atoms with van der Waals surface area (Å²) < 4.78 is 24.3. The van der Waals surface area contributed by atoms with Crippen molar-refractivity contribution in [1.29, 1.82) is 0 Å². The van der Waals surface area contributed by atoms with E-state index in [9.17, 15) is 5.11 Å². The number of ether oxygens (including phenoxy) is 4. The van der Waals surface area contributed by atoms with Crippen molar-refractivity contribution in [3.8, 4) is 17.2 Å². The molecule has 1 N–H and O–H groups in total. The van der Waals surface area contributed by atoms with Gasteiger partial charge in [-0.1, -0.05) is 13.8 Å². The van der Waals surface area contributed by atoms with E-state index in [1.54, 1.807) is 0 Å². The van der Waals surface area contributed by atoms with Crippen LogP contribution in [0, 0.1) is 23.7 Å². The number of hydrogen-bond acceptors (Lipinski definition) is 5. The van der Waals surface area contributed by atoms with Crippen LogP contribution in [-0.4, -0.2) is 29.9 Å². The van der Waals surface area contributed by atoms with E-state index >= 15 is 0 Å². The molecule has 4 aliphatic rings. The SMILES string of the molecule is CC1CO[C@]2(C)Oc3cc4c(c(O)c3C[C@H]12)C[C@@H]1[C@@H](C)CO[C@]1(C)O4. The van der Waals surface area contributed by atoms with Crippen molar-refractivity contribution >= 4 is 0 Å². The van der Waals surface area contributed by atoms with Crippen molar-refractivity contribution in [1.82, 2.24) is 0 Å². The topological polar surface area (TPSA) is 57.2 Å². The van der Waals surface area contributed by atoms with Gasteiger partial charge in [0.05, 0.1) is 13.2 Å². The van der Waals surface area contributed by atoms with Gasteiger partial charge in [-0.15, -0.1) is 0 Å².